The molecule has 0 saturated carbocycles. The van der Waals surface area contributed by atoms with E-state index in [1.54, 1.807) is 0 Å². The summed E-state index contributed by atoms with van der Waals surface area (Å²) in [7, 11) is 0. The van der Waals surface area contributed by atoms with E-state index in [0.717, 1.165) is 24.0 Å². The quantitative estimate of drug-likeness (QED) is 0.217. The van der Waals surface area contributed by atoms with Crippen molar-refractivity contribution in [2.45, 2.75) is 129 Å². The number of hydrogen-bond donors (Lipinski definition) is 1. The third-order valence-corrected chi connectivity index (χ3v) is 6.09. The Kier molecular flexibility index (Phi) is 13.1. The van der Waals surface area contributed by atoms with E-state index in [0.29, 0.717) is 5.75 Å². The van der Waals surface area contributed by atoms with Crippen LogP contribution in [0.25, 0.3) is 0 Å². The van der Waals surface area contributed by atoms with Crippen molar-refractivity contribution in [1.29, 1.82) is 0 Å². The molecule has 1 heteroatoms. The van der Waals surface area contributed by atoms with Gasteiger partial charge in [-0.1, -0.05) is 123 Å². The van der Waals surface area contributed by atoms with Crippen LogP contribution in [0.5, 0.6) is 5.75 Å². The summed E-state index contributed by atoms with van der Waals surface area (Å²) in [5.41, 5.74) is 3.40. The molecule has 0 heterocycles. The Hall–Kier alpha value is -1.24. The molecule has 0 aliphatic rings. The summed E-state index contributed by atoms with van der Waals surface area (Å²) < 4.78 is 0. The molecule has 1 aromatic rings. The summed E-state index contributed by atoms with van der Waals surface area (Å²) in [6, 6.07) is 4.36. The molecule has 0 saturated heterocycles. The van der Waals surface area contributed by atoms with E-state index < -0.39 is 0 Å². The zero-order valence-corrected chi connectivity index (χ0v) is 20.0. The highest BCUT2D eigenvalue weighted by molar-refractivity contribution is 5.49. The predicted octanol–water partition coefficient (Wildman–Crippen LogP) is 9.05. The first-order chi connectivity index (χ1) is 13.9. The number of rotatable bonds is 16. The molecule has 1 rings (SSSR count). The minimum absolute atomic E-state index is 0.0337. The Morgan fingerprint density at radius 3 is 1.72 bits per heavy atom. The molecule has 1 N–H and O–H groups in total. The SMILES string of the molecule is C=CCc1c(CCCCCCCCCCCCCCC)ccc(C(C)(C)C)c1O. The normalized spacial score (nSPS) is 11.7. The molecule has 1 nitrogen and oxygen atoms in total. The number of benzene rings is 1. The number of allylic oxidation sites excluding steroid dienone is 1. The van der Waals surface area contributed by atoms with Crippen LogP contribution in [-0.4, -0.2) is 5.11 Å². The molecule has 0 amide bonds. The highest BCUT2D eigenvalue weighted by atomic mass is 16.3. The molecule has 1 aromatic carbocycles. The van der Waals surface area contributed by atoms with Gasteiger partial charge in [0.05, 0.1) is 0 Å². The number of phenols is 1. The predicted molar refractivity (Wildman–Crippen MR) is 130 cm³/mol. The molecular formula is C28H48O. The van der Waals surface area contributed by atoms with Gasteiger partial charge in [-0.05, 0) is 35.8 Å². The third kappa shape index (κ3) is 10.4. The summed E-state index contributed by atoms with van der Waals surface area (Å²) in [5, 5.41) is 10.8. The second-order valence-corrected chi connectivity index (χ2v) is 9.83. The van der Waals surface area contributed by atoms with Crippen molar-refractivity contribution < 1.29 is 5.11 Å². The van der Waals surface area contributed by atoms with Crippen molar-refractivity contribution >= 4 is 0 Å². The fraction of sp³-hybridized carbons (Fsp3) is 0.714. The van der Waals surface area contributed by atoms with Crippen molar-refractivity contribution in [1.82, 2.24) is 0 Å². The zero-order chi connectivity index (χ0) is 21.5. The van der Waals surface area contributed by atoms with Crippen molar-refractivity contribution in [3.05, 3.63) is 41.5 Å². The molecule has 166 valence electrons. The maximum atomic E-state index is 10.8. The molecule has 0 radical (unpaired) electrons. The number of aromatic hydroxyl groups is 1. The Morgan fingerprint density at radius 2 is 1.28 bits per heavy atom. The van der Waals surface area contributed by atoms with Gasteiger partial charge in [0.25, 0.3) is 0 Å². The lowest BCUT2D eigenvalue weighted by molar-refractivity contribution is 0.440. The van der Waals surface area contributed by atoms with E-state index in [4.69, 9.17) is 0 Å². The molecule has 0 spiro atoms. The lowest BCUT2D eigenvalue weighted by atomic mass is 9.83. The zero-order valence-electron chi connectivity index (χ0n) is 20.0. The van der Waals surface area contributed by atoms with E-state index in [1.807, 2.05) is 6.08 Å². The Balaban J connectivity index is 2.24. The van der Waals surface area contributed by atoms with Gasteiger partial charge in [-0.15, -0.1) is 6.58 Å². The molecule has 0 aliphatic heterocycles. The standard InChI is InChI=1S/C28H48O/c1-6-8-9-10-11-12-13-14-15-16-17-18-19-21-24-22-23-26(28(3,4)5)27(29)25(24)20-7-2/h7,22-23,29H,2,6,8-21H2,1,3-5H3. The molecule has 0 atom stereocenters. The van der Waals surface area contributed by atoms with Gasteiger partial charge in [0.1, 0.15) is 5.75 Å². The summed E-state index contributed by atoms with van der Waals surface area (Å²) in [4.78, 5) is 0. The fourth-order valence-electron chi connectivity index (χ4n) is 4.22. The minimum Gasteiger partial charge on any atom is -0.507 e. The highest BCUT2D eigenvalue weighted by Crippen LogP contribution is 2.36. The molecular weight excluding hydrogens is 352 g/mol. The molecule has 29 heavy (non-hydrogen) atoms. The molecule has 0 aliphatic carbocycles. The van der Waals surface area contributed by atoms with Crippen molar-refractivity contribution in [2.75, 3.05) is 0 Å². The van der Waals surface area contributed by atoms with Crippen LogP contribution in [0.2, 0.25) is 0 Å². The average molecular weight is 401 g/mol. The molecule has 0 bridgehead atoms. The summed E-state index contributed by atoms with van der Waals surface area (Å²) in [5.74, 6) is 0.490. The van der Waals surface area contributed by atoms with Crippen LogP contribution in [0.15, 0.2) is 24.8 Å². The lowest BCUT2D eigenvalue weighted by Crippen LogP contribution is -2.13. The summed E-state index contributed by atoms with van der Waals surface area (Å²) in [6.45, 7) is 12.6. The third-order valence-electron chi connectivity index (χ3n) is 6.09. The van der Waals surface area contributed by atoms with Gasteiger partial charge in [-0.3, -0.25) is 0 Å². The van der Waals surface area contributed by atoms with E-state index in [-0.39, 0.29) is 5.41 Å². The van der Waals surface area contributed by atoms with Gasteiger partial charge in [0.15, 0.2) is 0 Å². The van der Waals surface area contributed by atoms with Crippen LogP contribution in [0.1, 0.15) is 128 Å². The Bertz CT molecular complexity index is 564. The van der Waals surface area contributed by atoms with E-state index in [9.17, 15) is 5.11 Å². The monoisotopic (exact) mass is 400 g/mol. The fourth-order valence-corrected chi connectivity index (χ4v) is 4.22. The van der Waals surface area contributed by atoms with Crippen LogP contribution in [0.4, 0.5) is 0 Å². The van der Waals surface area contributed by atoms with Crippen molar-refractivity contribution in [2.24, 2.45) is 0 Å². The Morgan fingerprint density at radius 1 is 0.793 bits per heavy atom. The summed E-state index contributed by atoms with van der Waals surface area (Å²) in [6.07, 6.45) is 21.7. The number of aryl methyl sites for hydroxylation is 1. The molecule has 0 aromatic heterocycles. The van der Waals surface area contributed by atoms with Gasteiger partial charge in [0.2, 0.25) is 0 Å². The number of unbranched alkanes of at least 4 members (excludes halogenated alkanes) is 12. The highest BCUT2D eigenvalue weighted by Gasteiger charge is 2.21. The van der Waals surface area contributed by atoms with Crippen LogP contribution >= 0.6 is 0 Å². The van der Waals surface area contributed by atoms with E-state index >= 15 is 0 Å². The van der Waals surface area contributed by atoms with Crippen LogP contribution in [0.3, 0.4) is 0 Å². The first-order valence-electron chi connectivity index (χ1n) is 12.4. The molecule has 0 unspecified atom stereocenters. The number of hydrogen-bond acceptors (Lipinski definition) is 1. The minimum atomic E-state index is -0.0337. The number of phenolic OH excluding ortho intramolecular Hbond substituents is 1. The first-order valence-corrected chi connectivity index (χ1v) is 12.4. The van der Waals surface area contributed by atoms with E-state index in [2.05, 4.69) is 46.4 Å². The van der Waals surface area contributed by atoms with Crippen LogP contribution in [-0.2, 0) is 18.3 Å². The van der Waals surface area contributed by atoms with Crippen molar-refractivity contribution in [3.8, 4) is 5.75 Å². The Labute approximate surface area is 182 Å². The largest absolute Gasteiger partial charge is 0.507 e. The first kappa shape index (κ1) is 25.8. The maximum Gasteiger partial charge on any atom is 0.123 e. The van der Waals surface area contributed by atoms with Crippen molar-refractivity contribution in [3.63, 3.8) is 0 Å². The van der Waals surface area contributed by atoms with Gasteiger partial charge in [0, 0.05) is 5.56 Å². The molecule has 0 fully saturated rings. The van der Waals surface area contributed by atoms with Crippen LogP contribution in [0, 0.1) is 0 Å². The lowest BCUT2D eigenvalue weighted by Gasteiger charge is -2.23. The van der Waals surface area contributed by atoms with E-state index in [1.165, 1.54) is 89.0 Å². The van der Waals surface area contributed by atoms with Gasteiger partial charge in [-0.25, -0.2) is 0 Å². The average Bonchev–Trinajstić information content (AvgIpc) is 2.67. The van der Waals surface area contributed by atoms with Gasteiger partial charge >= 0.3 is 0 Å². The maximum absolute atomic E-state index is 10.8. The smallest absolute Gasteiger partial charge is 0.123 e. The van der Waals surface area contributed by atoms with Gasteiger partial charge in [-0.2, -0.15) is 0 Å². The second-order valence-electron chi connectivity index (χ2n) is 9.83. The van der Waals surface area contributed by atoms with Gasteiger partial charge < -0.3 is 5.11 Å². The topological polar surface area (TPSA) is 20.2 Å². The second kappa shape index (κ2) is 14.7. The summed E-state index contributed by atoms with van der Waals surface area (Å²) >= 11 is 0. The van der Waals surface area contributed by atoms with Crippen LogP contribution < -0.4 is 0 Å².